The third-order valence-electron chi connectivity index (χ3n) is 2.69. The van der Waals surface area contributed by atoms with Crippen LogP contribution < -0.4 is 4.87 Å². The van der Waals surface area contributed by atoms with E-state index in [0.29, 0.717) is 6.54 Å². The van der Waals surface area contributed by atoms with Gasteiger partial charge in [0.1, 0.15) is 0 Å². The highest BCUT2D eigenvalue weighted by Gasteiger charge is 2.03. The summed E-state index contributed by atoms with van der Waals surface area (Å²) in [6.45, 7) is 2.40. The summed E-state index contributed by atoms with van der Waals surface area (Å²) in [6, 6.07) is 7.47. The molecule has 0 radical (unpaired) electrons. The maximum Gasteiger partial charge on any atom is 0.328 e. The topological polar surface area (TPSA) is 59.3 Å². The molecule has 1 N–H and O–H groups in total. The molecule has 1 aromatic carbocycles. The number of aromatic nitrogens is 1. The van der Waals surface area contributed by atoms with Gasteiger partial charge in [-0.25, -0.2) is 4.79 Å². The van der Waals surface area contributed by atoms with Crippen molar-refractivity contribution in [1.29, 1.82) is 0 Å². The number of hydrogen-bond donors (Lipinski definition) is 1. The summed E-state index contributed by atoms with van der Waals surface area (Å²) in [7, 11) is 0. The van der Waals surface area contributed by atoms with Crippen LogP contribution in [0.15, 0.2) is 40.5 Å². The molecule has 0 aliphatic rings. The van der Waals surface area contributed by atoms with Gasteiger partial charge in [0.15, 0.2) is 0 Å². The minimum atomic E-state index is -0.977. The number of benzene rings is 1. The molecule has 0 saturated carbocycles. The summed E-state index contributed by atoms with van der Waals surface area (Å²) < 4.78 is 1.70. The van der Waals surface area contributed by atoms with Gasteiger partial charge < -0.3 is 5.11 Å². The molecule has 1 heterocycles. The molecule has 0 saturated heterocycles. The molecule has 0 bridgehead atoms. The maximum absolute atomic E-state index is 11.6. The number of hydrogen-bond acceptors (Lipinski definition) is 3. The molecule has 0 unspecified atom stereocenters. The molecule has 0 atom stereocenters. The Bertz CT molecular complexity index is 682. The Hall–Kier alpha value is -2.14. The summed E-state index contributed by atoms with van der Waals surface area (Å²) >= 11 is 1.18. The van der Waals surface area contributed by atoms with Crippen molar-refractivity contribution >= 4 is 23.4 Å². The third-order valence-corrected chi connectivity index (χ3v) is 3.57. The normalized spacial score (nSPS) is 11.0. The van der Waals surface area contributed by atoms with E-state index in [-0.39, 0.29) is 4.87 Å². The van der Waals surface area contributed by atoms with Crippen molar-refractivity contribution in [3.8, 4) is 0 Å². The number of carboxylic acids is 1. The fourth-order valence-corrected chi connectivity index (χ4v) is 2.48. The Morgan fingerprint density at radius 3 is 2.89 bits per heavy atom. The monoisotopic (exact) mass is 275 g/mol. The van der Waals surface area contributed by atoms with E-state index in [2.05, 4.69) is 0 Å². The molecule has 5 heteroatoms. The average Bonchev–Trinajstić information content (AvgIpc) is 2.69. The third kappa shape index (κ3) is 3.42. The van der Waals surface area contributed by atoms with Crippen LogP contribution in [0.4, 0.5) is 0 Å². The predicted octanol–water partition coefficient (Wildman–Crippen LogP) is 2.36. The smallest absolute Gasteiger partial charge is 0.328 e. The van der Waals surface area contributed by atoms with Gasteiger partial charge in [-0.1, -0.05) is 29.5 Å². The van der Waals surface area contributed by atoms with Crippen molar-refractivity contribution < 1.29 is 9.90 Å². The van der Waals surface area contributed by atoms with Crippen LogP contribution >= 0.6 is 11.3 Å². The van der Waals surface area contributed by atoms with Gasteiger partial charge >= 0.3 is 10.8 Å². The highest BCUT2D eigenvalue weighted by atomic mass is 32.1. The summed E-state index contributed by atoms with van der Waals surface area (Å²) in [4.78, 5) is 22.1. The van der Waals surface area contributed by atoms with Crippen molar-refractivity contribution in [3.05, 3.63) is 62.2 Å². The van der Waals surface area contributed by atoms with E-state index in [1.165, 1.54) is 17.4 Å². The van der Waals surface area contributed by atoms with E-state index in [0.717, 1.165) is 22.9 Å². The van der Waals surface area contributed by atoms with Crippen LogP contribution in [0.3, 0.4) is 0 Å². The van der Waals surface area contributed by atoms with Gasteiger partial charge in [0.2, 0.25) is 0 Å². The first-order valence-electron chi connectivity index (χ1n) is 5.71. The van der Waals surface area contributed by atoms with Crippen LogP contribution in [0, 0.1) is 6.92 Å². The Morgan fingerprint density at radius 1 is 1.47 bits per heavy atom. The van der Waals surface area contributed by atoms with Gasteiger partial charge in [-0.15, -0.1) is 0 Å². The van der Waals surface area contributed by atoms with E-state index in [4.69, 9.17) is 5.11 Å². The molecule has 0 fully saturated rings. The number of carbonyl (C=O) groups is 1. The molecule has 0 spiro atoms. The Kier molecular flexibility index (Phi) is 3.97. The lowest BCUT2D eigenvalue weighted by Crippen LogP contribution is -2.15. The predicted molar refractivity (Wildman–Crippen MR) is 75.5 cm³/mol. The fraction of sp³-hybridized carbons (Fsp3) is 0.143. The molecule has 2 aromatic rings. The number of rotatable bonds is 4. The van der Waals surface area contributed by atoms with Crippen molar-refractivity contribution in [2.24, 2.45) is 0 Å². The van der Waals surface area contributed by atoms with Crippen molar-refractivity contribution in [2.75, 3.05) is 0 Å². The van der Waals surface area contributed by atoms with Crippen molar-refractivity contribution in [2.45, 2.75) is 13.5 Å². The zero-order valence-electron chi connectivity index (χ0n) is 10.4. The number of aliphatic carboxylic acids is 1. The maximum atomic E-state index is 11.6. The summed E-state index contributed by atoms with van der Waals surface area (Å²) in [5, 5.41) is 10.4. The van der Waals surface area contributed by atoms with Crippen LogP contribution in [-0.4, -0.2) is 15.6 Å². The van der Waals surface area contributed by atoms with Gasteiger partial charge in [-0.3, -0.25) is 9.36 Å². The second-order valence-corrected chi connectivity index (χ2v) is 4.97. The van der Waals surface area contributed by atoms with Crippen LogP contribution in [-0.2, 0) is 11.3 Å². The lowest BCUT2D eigenvalue weighted by atomic mass is 10.1. The summed E-state index contributed by atoms with van der Waals surface area (Å²) in [5.74, 6) is -0.977. The number of nitrogens with zero attached hydrogens (tertiary/aromatic N) is 1. The molecule has 98 valence electrons. The van der Waals surface area contributed by atoms with Gasteiger partial charge in [0, 0.05) is 17.2 Å². The van der Waals surface area contributed by atoms with Gasteiger partial charge in [0.05, 0.1) is 6.54 Å². The highest BCUT2D eigenvalue weighted by molar-refractivity contribution is 7.07. The largest absolute Gasteiger partial charge is 0.478 e. The molecule has 0 amide bonds. The van der Waals surface area contributed by atoms with Crippen molar-refractivity contribution in [1.82, 2.24) is 4.57 Å². The van der Waals surface area contributed by atoms with E-state index in [9.17, 15) is 9.59 Å². The lowest BCUT2D eigenvalue weighted by Gasteiger charge is -2.05. The first kappa shape index (κ1) is 13.3. The molecule has 19 heavy (non-hydrogen) atoms. The van der Waals surface area contributed by atoms with Gasteiger partial charge in [0.25, 0.3) is 0 Å². The Balaban J connectivity index is 2.25. The summed E-state index contributed by atoms with van der Waals surface area (Å²) in [6.07, 6.45) is 2.64. The van der Waals surface area contributed by atoms with E-state index in [1.807, 2.05) is 36.6 Å². The van der Waals surface area contributed by atoms with Crippen LogP contribution in [0.25, 0.3) is 6.08 Å². The molecule has 0 aliphatic carbocycles. The second kappa shape index (κ2) is 5.67. The number of aryl methyl sites for hydroxylation is 1. The molecule has 0 aliphatic heterocycles. The van der Waals surface area contributed by atoms with E-state index < -0.39 is 5.97 Å². The second-order valence-electron chi connectivity index (χ2n) is 4.15. The quantitative estimate of drug-likeness (QED) is 0.871. The van der Waals surface area contributed by atoms with Crippen LogP contribution in [0.1, 0.15) is 16.8 Å². The first-order valence-corrected chi connectivity index (χ1v) is 6.59. The Morgan fingerprint density at radius 2 is 2.26 bits per heavy atom. The minimum absolute atomic E-state index is 0.0176. The minimum Gasteiger partial charge on any atom is -0.478 e. The molecule has 4 nitrogen and oxygen atoms in total. The van der Waals surface area contributed by atoms with Crippen LogP contribution in [0.2, 0.25) is 0 Å². The zero-order valence-corrected chi connectivity index (χ0v) is 11.2. The molecule has 2 rings (SSSR count). The number of thiazole rings is 1. The fourth-order valence-electron chi connectivity index (χ4n) is 1.74. The molecular weight excluding hydrogens is 262 g/mol. The summed E-state index contributed by atoms with van der Waals surface area (Å²) in [5.41, 5.74) is 2.71. The van der Waals surface area contributed by atoms with E-state index >= 15 is 0 Å². The first-order chi connectivity index (χ1) is 9.06. The van der Waals surface area contributed by atoms with Crippen molar-refractivity contribution in [3.63, 3.8) is 0 Å². The van der Waals surface area contributed by atoms with Crippen LogP contribution in [0.5, 0.6) is 0 Å². The standard InChI is InChI=1S/C14H13NO3S/c1-10-9-19-14(18)15(10)8-12-4-2-3-11(7-12)5-6-13(16)17/h2-7,9H,8H2,1H3,(H,16,17). The Labute approximate surface area is 114 Å². The molecular formula is C14H13NO3S. The average molecular weight is 275 g/mol. The highest BCUT2D eigenvalue weighted by Crippen LogP contribution is 2.10. The SMILES string of the molecule is Cc1csc(=O)n1Cc1cccc(C=CC(=O)O)c1. The van der Waals surface area contributed by atoms with E-state index in [1.54, 1.807) is 4.57 Å². The molecule has 1 aromatic heterocycles. The zero-order chi connectivity index (χ0) is 13.8. The number of carboxylic acid groups (broad SMARTS) is 1. The van der Waals surface area contributed by atoms with Gasteiger partial charge in [-0.05, 0) is 30.2 Å². The van der Waals surface area contributed by atoms with Gasteiger partial charge in [-0.2, -0.15) is 0 Å². The lowest BCUT2D eigenvalue weighted by molar-refractivity contribution is -0.131.